The Labute approximate surface area is 154 Å². The third-order valence-corrected chi connectivity index (χ3v) is 4.90. The van der Waals surface area contributed by atoms with Gasteiger partial charge in [-0.15, -0.1) is 0 Å². The molecule has 0 fully saturated rings. The maximum absolute atomic E-state index is 6.08. The number of methoxy groups -OCH3 is 1. The zero-order valence-electron chi connectivity index (χ0n) is 13.4. The summed E-state index contributed by atoms with van der Waals surface area (Å²) in [6.07, 6.45) is 3.53. The van der Waals surface area contributed by atoms with Gasteiger partial charge >= 0.3 is 0 Å². The minimum Gasteiger partial charge on any atom is -0.496 e. The lowest BCUT2D eigenvalue weighted by Crippen LogP contribution is -2.06. The van der Waals surface area contributed by atoms with Crippen LogP contribution in [0.3, 0.4) is 0 Å². The van der Waals surface area contributed by atoms with Gasteiger partial charge in [0.15, 0.2) is 0 Å². The van der Waals surface area contributed by atoms with Gasteiger partial charge in [0.25, 0.3) is 0 Å². The molecular formula is C17H15ClN4O2S. The number of fused-ring (bicyclic) bond motifs is 3. The Morgan fingerprint density at radius 3 is 3.12 bits per heavy atom. The van der Waals surface area contributed by atoms with E-state index in [4.69, 9.17) is 21.1 Å². The van der Waals surface area contributed by atoms with E-state index in [-0.39, 0.29) is 0 Å². The molecule has 0 radical (unpaired) electrons. The Kier molecular flexibility index (Phi) is 4.42. The molecule has 6 nitrogen and oxygen atoms in total. The average Bonchev–Trinajstić information content (AvgIpc) is 3.02. The van der Waals surface area contributed by atoms with Crippen LogP contribution in [0.15, 0.2) is 47.6 Å². The minimum absolute atomic E-state index is 0.552. The van der Waals surface area contributed by atoms with Crippen molar-refractivity contribution < 1.29 is 9.47 Å². The van der Waals surface area contributed by atoms with Gasteiger partial charge in [-0.2, -0.15) is 5.10 Å². The van der Waals surface area contributed by atoms with E-state index >= 15 is 0 Å². The number of benzene rings is 1. The van der Waals surface area contributed by atoms with E-state index in [0.717, 1.165) is 27.6 Å². The van der Waals surface area contributed by atoms with Crippen molar-refractivity contribution in [1.29, 1.82) is 0 Å². The van der Waals surface area contributed by atoms with Gasteiger partial charge in [0.2, 0.25) is 5.88 Å². The van der Waals surface area contributed by atoms with Crippen molar-refractivity contribution >= 4 is 29.2 Å². The van der Waals surface area contributed by atoms with Gasteiger partial charge in [-0.05, 0) is 42.3 Å². The van der Waals surface area contributed by atoms with Crippen molar-refractivity contribution in [3.8, 4) is 22.9 Å². The molecule has 1 aromatic carbocycles. The first-order chi connectivity index (χ1) is 12.2. The normalized spacial score (nSPS) is 12.6. The average molecular weight is 375 g/mol. The van der Waals surface area contributed by atoms with E-state index in [0.29, 0.717) is 24.1 Å². The van der Waals surface area contributed by atoms with E-state index in [9.17, 15) is 0 Å². The topological polar surface area (TPSA) is 61.2 Å². The predicted octanol–water partition coefficient (Wildman–Crippen LogP) is 4.12. The number of anilines is 1. The first-order valence-electron chi connectivity index (χ1n) is 7.66. The number of aromatic nitrogens is 3. The van der Waals surface area contributed by atoms with Gasteiger partial charge in [0, 0.05) is 11.2 Å². The first kappa shape index (κ1) is 16.1. The molecular weight excluding hydrogens is 360 g/mol. The van der Waals surface area contributed by atoms with Crippen LogP contribution in [0, 0.1) is 0 Å². The van der Waals surface area contributed by atoms with Crippen LogP contribution >= 0.6 is 23.5 Å². The number of hydrogen-bond donors (Lipinski definition) is 1. The van der Waals surface area contributed by atoms with E-state index in [1.807, 2.05) is 28.9 Å². The maximum atomic E-state index is 6.08. The highest BCUT2D eigenvalue weighted by Gasteiger charge is 2.17. The van der Waals surface area contributed by atoms with E-state index in [1.54, 1.807) is 25.6 Å². The Morgan fingerprint density at radius 1 is 1.32 bits per heavy atom. The summed E-state index contributed by atoms with van der Waals surface area (Å²) in [7, 11) is 1.63. The molecule has 1 N–H and O–H groups in total. The maximum Gasteiger partial charge on any atom is 0.223 e. The third-order valence-electron chi connectivity index (χ3n) is 3.79. The van der Waals surface area contributed by atoms with Crippen LogP contribution in [0.4, 0.5) is 5.69 Å². The molecule has 3 aromatic rings. The summed E-state index contributed by atoms with van der Waals surface area (Å²) in [4.78, 5) is 5.33. The second-order valence-electron chi connectivity index (χ2n) is 5.36. The number of hydrogen-bond acceptors (Lipinski definition) is 6. The highest BCUT2D eigenvalue weighted by Crippen LogP contribution is 2.35. The molecule has 4 rings (SSSR count). The Bertz CT molecular complexity index is 915. The molecule has 3 heterocycles. The summed E-state index contributed by atoms with van der Waals surface area (Å²) < 4.78 is 16.3. The Morgan fingerprint density at radius 2 is 2.24 bits per heavy atom. The van der Waals surface area contributed by atoms with Gasteiger partial charge < -0.3 is 14.2 Å². The van der Waals surface area contributed by atoms with Crippen molar-refractivity contribution in [2.75, 3.05) is 18.4 Å². The summed E-state index contributed by atoms with van der Waals surface area (Å²) in [6, 6.07) is 9.46. The molecule has 2 aromatic heterocycles. The quantitative estimate of drug-likeness (QED) is 0.693. The highest BCUT2D eigenvalue weighted by atomic mass is 35.5. The molecule has 0 bridgehead atoms. The summed E-state index contributed by atoms with van der Waals surface area (Å²) in [5.41, 5.74) is 2.76. The van der Waals surface area contributed by atoms with E-state index in [1.165, 1.54) is 11.9 Å². The lowest BCUT2D eigenvalue weighted by atomic mass is 10.2. The SMILES string of the molecule is COc1ccc(Cl)cc1SNc1cnc2c(c1)-c1ccnn1CCO2. The summed E-state index contributed by atoms with van der Waals surface area (Å²) in [6.45, 7) is 1.26. The first-order valence-corrected chi connectivity index (χ1v) is 8.85. The van der Waals surface area contributed by atoms with Crippen molar-refractivity contribution in [2.45, 2.75) is 11.4 Å². The molecule has 0 amide bonds. The van der Waals surface area contributed by atoms with E-state index in [2.05, 4.69) is 14.8 Å². The zero-order chi connectivity index (χ0) is 17.2. The van der Waals surface area contributed by atoms with Crippen LogP contribution in [0.2, 0.25) is 5.02 Å². The summed E-state index contributed by atoms with van der Waals surface area (Å²) in [5.74, 6) is 1.38. The molecule has 8 heteroatoms. The van der Waals surface area contributed by atoms with Crippen molar-refractivity contribution in [3.05, 3.63) is 47.7 Å². The predicted molar refractivity (Wildman–Crippen MR) is 98.4 cm³/mol. The number of nitrogens with one attached hydrogen (secondary N) is 1. The molecule has 25 heavy (non-hydrogen) atoms. The molecule has 0 aliphatic carbocycles. The lowest BCUT2D eigenvalue weighted by molar-refractivity contribution is 0.290. The largest absolute Gasteiger partial charge is 0.496 e. The number of rotatable bonds is 4. The molecule has 0 saturated carbocycles. The second-order valence-corrected chi connectivity index (χ2v) is 6.65. The zero-order valence-corrected chi connectivity index (χ0v) is 15.0. The minimum atomic E-state index is 0.552. The van der Waals surface area contributed by atoms with Crippen LogP contribution in [-0.4, -0.2) is 28.5 Å². The number of ether oxygens (including phenoxy) is 2. The third kappa shape index (κ3) is 3.25. The standard InChI is InChI=1S/C17H15ClN4O2S/c1-23-15-3-2-11(18)8-16(15)25-21-12-9-13-14-4-5-20-22(14)6-7-24-17(13)19-10-12/h2-5,8-10,21H,6-7H2,1H3. The van der Waals surface area contributed by atoms with Crippen LogP contribution in [0.1, 0.15) is 0 Å². The second kappa shape index (κ2) is 6.85. The molecule has 0 unspecified atom stereocenters. The van der Waals surface area contributed by atoms with Crippen LogP contribution in [0.25, 0.3) is 11.3 Å². The smallest absolute Gasteiger partial charge is 0.223 e. The molecule has 1 aliphatic heterocycles. The molecule has 128 valence electrons. The van der Waals surface area contributed by atoms with Crippen molar-refractivity contribution in [2.24, 2.45) is 0 Å². The molecule has 0 atom stereocenters. The van der Waals surface area contributed by atoms with Gasteiger partial charge in [-0.3, -0.25) is 4.68 Å². The fraction of sp³-hybridized carbons (Fsp3) is 0.176. The Balaban J connectivity index is 1.61. The van der Waals surface area contributed by atoms with Crippen LogP contribution < -0.4 is 14.2 Å². The lowest BCUT2D eigenvalue weighted by Gasteiger charge is -2.11. The van der Waals surface area contributed by atoms with Gasteiger partial charge in [-0.1, -0.05) is 11.6 Å². The van der Waals surface area contributed by atoms with E-state index < -0.39 is 0 Å². The monoisotopic (exact) mass is 374 g/mol. The molecule has 0 spiro atoms. The molecule has 0 saturated heterocycles. The number of nitrogens with zero attached hydrogens (tertiary/aromatic N) is 3. The fourth-order valence-electron chi connectivity index (χ4n) is 2.62. The Hall–Kier alpha value is -2.38. The summed E-state index contributed by atoms with van der Waals surface area (Å²) >= 11 is 7.49. The number of halogens is 1. The van der Waals surface area contributed by atoms with Gasteiger partial charge in [0.05, 0.1) is 41.7 Å². The fourth-order valence-corrected chi connectivity index (χ4v) is 3.63. The molecule has 1 aliphatic rings. The summed E-state index contributed by atoms with van der Waals surface area (Å²) in [5, 5.41) is 4.98. The highest BCUT2D eigenvalue weighted by molar-refractivity contribution is 8.00. The van der Waals surface area contributed by atoms with Crippen molar-refractivity contribution in [3.63, 3.8) is 0 Å². The van der Waals surface area contributed by atoms with Gasteiger partial charge in [-0.25, -0.2) is 4.98 Å². The van der Waals surface area contributed by atoms with Crippen LogP contribution in [0.5, 0.6) is 11.6 Å². The van der Waals surface area contributed by atoms with Gasteiger partial charge in [0.1, 0.15) is 12.4 Å². The number of pyridine rings is 1. The van der Waals surface area contributed by atoms with Crippen molar-refractivity contribution in [1.82, 2.24) is 14.8 Å². The van der Waals surface area contributed by atoms with Crippen LogP contribution in [-0.2, 0) is 6.54 Å².